The fourth-order valence-corrected chi connectivity index (χ4v) is 0.987. The van der Waals surface area contributed by atoms with Crippen LogP contribution in [-0.2, 0) is 0 Å². The smallest absolute Gasteiger partial charge is 0.185 e. The van der Waals surface area contributed by atoms with Crippen LogP contribution >= 0.6 is 0 Å². The summed E-state index contributed by atoms with van der Waals surface area (Å²) in [5.74, 6) is -0.132. The van der Waals surface area contributed by atoms with Crippen molar-refractivity contribution in [2.75, 3.05) is 0 Å². The quantitative estimate of drug-likeness (QED) is 0.523. The Labute approximate surface area is 78.4 Å². The van der Waals surface area contributed by atoms with Gasteiger partial charge in [0.2, 0.25) is 0 Å². The largest absolute Gasteiger partial charge is 0.295 e. The molecule has 0 N–H and O–H groups in total. The highest BCUT2D eigenvalue weighted by Gasteiger charge is 2.02. The van der Waals surface area contributed by atoms with Crippen molar-refractivity contribution in [1.82, 2.24) is 0 Å². The summed E-state index contributed by atoms with van der Waals surface area (Å²) >= 11 is 0. The molecule has 2 heteroatoms. The summed E-state index contributed by atoms with van der Waals surface area (Å²) in [5, 5.41) is 0. The molecule has 0 saturated carbocycles. The number of allylic oxidation sites excluding steroid dienone is 1. The van der Waals surface area contributed by atoms with Gasteiger partial charge >= 0.3 is 0 Å². The molecule has 0 heterocycles. The van der Waals surface area contributed by atoms with Gasteiger partial charge in [-0.25, -0.2) is 0 Å². The molecule has 0 amide bonds. The second-order valence-corrected chi connectivity index (χ2v) is 2.70. The maximum absolute atomic E-state index is 11.1. The first-order valence-corrected chi connectivity index (χ1v) is 3.93. The molecule has 0 spiro atoms. The van der Waals surface area contributed by atoms with Crippen molar-refractivity contribution in [2.24, 2.45) is 0 Å². The molecule has 0 aliphatic heterocycles. The molecular weight excluding hydrogens is 164 g/mol. The van der Waals surface area contributed by atoms with E-state index in [0.29, 0.717) is 11.1 Å². The number of benzene rings is 1. The van der Waals surface area contributed by atoms with Crippen molar-refractivity contribution < 1.29 is 11.0 Å². The van der Waals surface area contributed by atoms with E-state index in [-0.39, 0.29) is 13.0 Å². The molecule has 0 radical (unpaired) electrons. The lowest BCUT2D eigenvalue weighted by molar-refractivity contribution is 0.101. The molecule has 68 valence electrons. The van der Waals surface area contributed by atoms with E-state index in [1.54, 1.807) is 24.3 Å². The second-order valence-electron chi connectivity index (χ2n) is 2.70. The predicted octanol–water partition coefficient (Wildman–Crippen LogP) is 2.50. The molecule has 2 nitrogen and oxygen atoms in total. The van der Waals surface area contributed by atoms with Crippen molar-refractivity contribution in [3.05, 3.63) is 48.0 Å². The number of hydrogen-bond acceptors (Lipinski definition) is 2. The van der Waals surface area contributed by atoms with Crippen molar-refractivity contribution in [3.8, 4) is 0 Å². The van der Waals surface area contributed by atoms with Crippen LogP contribution in [0.25, 0.3) is 0 Å². The lowest BCUT2D eigenvalue weighted by Crippen LogP contribution is -1.96. The van der Waals surface area contributed by atoms with Crippen LogP contribution in [0.5, 0.6) is 0 Å². The number of Topliss-reactive ketones (excluding diaryl/α,β-unsaturated/α-hetero) is 1. The number of rotatable bonds is 3. The Bertz CT molecular complexity index is 352. The topological polar surface area (TPSA) is 34.1 Å². The van der Waals surface area contributed by atoms with Crippen LogP contribution in [0.15, 0.2) is 36.9 Å². The van der Waals surface area contributed by atoms with Crippen LogP contribution in [-0.4, -0.2) is 11.6 Å². The van der Waals surface area contributed by atoms with Crippen molar-refractivity contribution in [2.45, 2.75) is 6.92 Å². The van der Waals surface area contributed by atoms with Gasteiger partial charge in [0.1, 0.15) is 0 Å². The van der Waals surface area contributed by atoms with Crippen LogP contribution in [0.1, 0.15) is 29.1 Å². The van der Waals surface area contributed by atoms with Crippen LogP contribution in [0.3, 0.4) is 0 Å². The highest BCUT2D eigenvalue weighted by Crippen LogP contribution is 2.06. The first kappa shape index (κ1) is 9.39. The summed E-state index contributed by atoms with van der Waals surface area (Å²) < 4.78 is 0. The van der Waals surface area contributed by atoms with Crippen LogP contribution in [0.4, 0.5) is 0 Å². The maximum Gasteiger partial charge on any atom is 0.185 e. The highest BCUT2D eigenvalue weighted by atomic mass is 16.1. The predicted molar refractivity (Wildman–Crippen MR) is 53.1 cm³/mol. The highest BCUT2D eigenvalue weighted by molar-refractivity contribution is 6.04. The first-order valence-electron chi connectivity index (χ1n) is 3.93. The van der Waals surface area contributed by atoms with E-state index < -0.39 is 0 Å². The zero-order chi connectivity index (χ0) is 9.84. The van der Waals surface area contributed by atoms with Gasteiger partial charge in [-0.05, 0) is 13.0 Å². The molecule has 0 bridgehead atoms. The first-order chi connectivity index (χ1) is 6.15. The standard InChI is InChI=1S/C11H10O2.H2/c1-3-11(13)10-6-4-9(5-7-10)8(2)12;/h3-7H,1H2,2H3;1H. The van der Waals surface area contributed by atoms with Gasteiger partial charge in [-0.2, -0.15) is 0 Å². The third kappa shape index (κ3) is 2.12. The van der Waals surface area contributed by atoms with Gasteiger partial charge in [-0.3, -0.25) is 9.59 Å². The molecule has 1 rings (SSSR count). The Kier molecular flexibility index (Phi) is 2.75. The summed E-state index contributed by atoms with van der Waals surface area (Å²) in [5.41, 5.74) is 1.17. The monoisotopic (exact) mass is 176 g/mol. The van der Waals surface area contributed by atoms with E-state index in [0.717, 1.165) is 0 Å². The number of carbonyl (C=O) groups is 2. The summed E-state index contributed by atoms with van der Waals surface area (Å²) in [4.78, 5) is 22.0. The molecule has 0 unspecified atom stereocenters. The molecular formula is C11H12O2. The molecule has 0 saturated heterocycles. The van der Waals surface area contributed by atoms with Gasteiger partial charge in [0.25, 0.3) is 0 Å². The van der Waals surface area contributed by atoms with E-state index in [1.165, 1.54) is 13.0 Å². The molecule has 0 fully saturated rings. The zero-order valence-electron chi connectivity index (χ0n) is 7.41. The summed E-state index contributed by atoms with van der Waals surface area (Å²) in [6, 6.07) is 6.53. The lowest BCUT2D eigenvalue weighted by atomic mass is 10.1. The molecule has 0 aliphatic carbocycles. The SMILES string of the molecule is C=CC(=O)c1ccc(C(C)=O)cc1.[HH]. The van der Waals surface area contributed by atoms with E-state index in [1.807, 2.05) is 0 Å². The maximum atomic E-state index is 11.1. The zero-order valence-corrected chi connectivity index (χ0v) is 7.41. The molecule has 1 aromatic rings. The lowest BCUT2D eigenvalue weighted by Gasteiger charge is -1.97. The van der Waals surface area contributed by atoms with Crippen molar-refractivity contribution in [1.29, 1.82) is 0 Å². The van der Waals surface area contributed by atoms with E-state index in [4.69, 9.17) is 0 Å². The van der Waals surface area contributed by atoms with Crippen LogP contribution in [0.2, 0.25) is 0 Å². The Balaban J connectivity index is 0.00000169. The molecule has 13 heavy (non-hydrogen) atoms. The fraction of sp³-hybridized carbons (Fsp3) is 0.0909. The minimum absolute atomic E-state index is 0. The molecule has 0 aliphatic rings. The summed E-state index contributed by atoms with van der Waals surface area (Å²) in [6.45, 7) is 4.87. The molecule has 1 aromatic carbocycles. The third-order valence-corrected chi connectivity index (χ3v) is 1.76. The Morgan fingerprint density at radius 1 is 1.23 bits per heavy atom. The Hall–Kier alpha value is -1.70. The van der Waals surface area contributed by atoms with Gasteiger partial charge in [0, 0.05) is 12.6 Å². The summed E-state index contributed by atoms with van der Waals surface area (Å²) in [7, 11) is 0. The Morgan fingerprint density at radius 2 is 1.69 bits per heavy atom. The molecule has 0 aromatic heterocycles. The molecule has 0 atom stereocenters. The van der Waals surface area contributed by atoms with Gasteiger partial charge in [-0.15, -0.1) is 0 Å². The summed E-state index contributed by atoms with van der Waals surface area (Å²) in [6.07, 6.45) is 1.25. The van der Waals surface area contributed by atoms with E-state index >= 15 is 0 Å². The van der Waals surface area contributed by atoms with Crippen molar-refractivity contribution >= 4 is 11.6 Å². The van der Waals surface area contributed by atoms with Crippen molar-refractivity contribution in [3.63, 3.8) is 0 Å². The van der Waals surface area contributed by atoms with Gasteiger partial charge in [0.05, 0.1) is 0 Å². The second kappa shape index (κ2) is 3.81. The number of ketones is 2. The number of carbonyl (C=O) groups excluding carboxylic acids is 2. The normalized spacial score (nSPS) is 9.31. The van der Waals surface area contributed by atoms with E-state index in [9.17, 15) is 9.59 Å². The minimum atomic E-state index is -0.130. The Morgan fingerprint density at radius 3 is 2.08 bits per heavy atom. The van der Waals surface area contributed by atoms with Gasteiger partial charge < -0.3 is 0 Å². The van der Waals surface area contributed by atoms with E-state index in [2.05, 4.69) is 6.58 Å². The average Bonchev–Trinajstić information content (AvgIpc) is 2.17. The third-order valence-electron chi connectivity index (χ3n) is 1.76. The van der Waals surface area contributed by atoms with Crippen LogP contribution in [0, 0.1) is 0 Å². The van der Waals surface area contributed by atoms with Crippen LogP contribution < -0.4 is 0 Å². The average molecular weight is 176 g/mol. The fourth-order valence-electron chi connectivity index (χ4n) is 0.987. The minimum Gasteiger partial charge on any atom is -0.295 e. The van der Waals surface area contributed by atoms with Gasteiger partial charge in [-0.1, -0.05) is 30.8 Å². The number of hydrogen-bond donors (Lipinski definition) is 0. The van der Waals surface area contributed by atoms with Gasteiger partial charge in [0.15, 0.2) is 11.6 Å².